The van der Waals surface area contributed by atoms with Crippen LogP contribution in [0.3, 0.4) is 0 Å². The first-order chi connectivity index (χ1) is 11.8. The predicted molar refractivity (Wildman–Crippen MR) is 94.8 cm³/mol. The number of aromatic nitrogens is 1. The van der Waals surface area contributed by atoms with Crippen LogP contribution in [0.25, 0.3) is 17.0 Å². The van der Waals surface area contributed by atoms with E-state index in [-0.39, 0.29) is 5.91 Å². The Morgan fingerprint density at radius 1 is 1.21 bits per heavy atom. The zero-order valence-corrected chi connectivity index (χ0v) is 13.2. The molecule has 120 valence electrons. The first kappa shape index (κ1) is 14.6. The van der Waals surface area contributed by atoms with Gasteiger partial charge in [-0.3, -0.25) is 4.79 Å². The van der Waals surface area contributed by atoms with Gasteiger partial charge in [0.15, 0.2) is 0 Å². The highest BCUT2D eigenvalue weighted by Crippen LogP contribution is 2.26. The number of hydrogen-bond acceptors (Lipinski definition) is 2. The molecule has 0 radical (unpaired) electrons. The minimum Gasteiger partial charge on any atom is -0.493 e. The lowest BCUT2D eigenvalue weighted by Crippen LogP contribution is -2.20. The van der Waals surface area contributed by atoms with Gasteiger partial charge in [0.25, 0.3) is 0 Å². The highest BCUT2D eigenvalue weighted by Gasteiger charge is 2.11. The molecule has 3 aromatic rings. The van der Waals surface area contributed by atoms with Crippen LogP contribution in [0.4, 0.5) is 0 Å². The van der Waals surface area contributed by atoms with Crippen molar-refractivity contribution in [1.29, 1.82) is 0 Å². The number of hydrogen-bond donors (Lipinski definition) is 2. The standard InChI is InChI=1S/C20H18N2O2/c23-20(8-6-14-5-7-19-16(11-14)9-10-24-19)21-13-17-12-15-3-1-2-4-18(15)22-17/h1-8,11-12,22H,9-10,13H2,(H,21,23)/b8-6+. The molecule has 0 aliphatic carbocycles. The Hall–Kier alpha value is -3.01. The van der Waals surface area contributed by atoms with Crippen molar-refractivity contribution in [2.24, 2.45) is 0 Å². The molecular formula is C20H18N2O2. The molecule has 1 aliphatic heterocycles. The van der Waals surface area contributed by atoms with E-state index in [1.54, 1.807) is 6.08 Å². The Morgan fingerprint density at radius 2 is 2.12 bits per heavy atom. The highest BCUT2D eigenvalue weighted by molar-refractivity contribution is 5.91. The van der Waals surface area contributed by atoms with E-state index in [4.69, 9.17) is 4.74 Å². The molecule has 4 nitrogen and oxygen atoms in total. The van der Waals surface area contributed by atoms with Gasteiger partial charge in [0.05, 0.1) is 13.2 Å². The molecule has 0 bridgehead atoms. The molecule has 1 amide bonds. The molecule has 2 N–H and O–H groups in total. The van der Waals surface area contributed by atoms with Crippen molar-refractivity contribution in [2.45, 2.75) is 13.0 Å². The molecule has 0 atom stereocenters. The number of benzene rings is 2. The van der Waals surface area contributed by atoms with Gasteiger partial charge in [-0.05, 0) is 46.9 Å². The maximum Gasteiger partial charge on any atom is 0.244 e. The van der Waals surface area contributed by atoms with Gasteiger partial charge in [-0.2, -0.15) is 0 Å². The van der Waals surface area contributed by atoms with Crippen LogP contribution in [0, 0.1) is 0 Å². The van der Waals surface area contributed by atoms with Gasteiger partial charge in [0.2, 0.25) is 5.91 Å². The van der Waals surface area contributed by atoms with Gasteiger partial charge >= 0.3 is 0 Å². The van der Waals surface area contributed by atoms with E-state index >= 15 is 0 Å². The first-order valence-electron chi connectivity index (χ1n) is 8.06. The summed E-state index contributed by atoms with van der Waals surface area (Å²) in [6.45, 7) is 1.23. The molecule has 4 rings (SSSR count). The fourth-order valence-corrected chi connectivity index (χ4v) is 2.95. The van der Waals surface area contributed by atoms with Crippen molar-refractivity contribution < 1.29 is 9.53 Å². The van der Waals surface area contributed by atoms with Gasteiger partial charge in [0.1, 0.15) is 5.75 Å². The first-order valence-corrected chi connectivity index (χ1v) is 8.06. The van der Waals surface area contributed by atoms with Crippen LogP contribution >= 0.6 is 0 Å². The van der Waals surface area contributed by atoms with Crippen LogP contribution in [0.1, 0.15) is 16.8 Å². The van der Waals surface area contributed by atoms with Gasteiger partial charge in [-0.25, -0.2) is 0 Å². The molecule has 0 saturated carbocycles. The Kier molecular flexibility index (Phi) is 3.79. The second-order valence-electron chi connectivity index (χ2n) is 5.90. The molecule has 4 heteroatoms. The molecule has 0 unspecified atom stereocenters. The third kappa shape index (κ3) is 3.04. The van der Waals surface area contributed by atoms with Gasteiger partial charge in [-0.15, -0.1) is 0 Å². The lowest BCUT2D eigenvalue weighted by atomic mass is 10.1. The van der Waals surface area contributed by atoms with Gasteiger partial charge in [-0.1, -0.05) is 24.3 Å². The van der Waals surface area contributed by atoms with E-state index in [2.05, 4.69) is 28.5 Å². The third-order valence-electron chi connectivity index (χ3n) is 4.18. The summed E-state index contributed by atoms with van der Waals surface area (Å²) >= 11 is 0. The van der Waals surface area contributed by atoms with E-state index in [1.165, 1.54) is 5.56 Å². The van der Waals surface area contributed by atoms with E-state index in [0.717, 1.165) is 40.9 Å². The second-order valence-corrected chi connectivity index (χ2v) is 5.90. The number of H-pyrrole nitrogens is 1. The average Bonchev–Trinajstić information content (AvgIpc) is 3.23. The van der Waals surface area contributed by atoms with E-state index < -0.39 is 0 Å². The highest BCUT2D eigenvalue weighted by atomic mass is 16.5. The van der Waals surface area contributed by atoms with Crippen LogP contribution in [0.15, 0.2) is 54.6 Å². The quantitative estimate of drug-likeness (QED) is 0.724. The number of fused-ring (bicyclic) bond motifs is 2. The minimum atomic E-state index is -0.106. The Labute approximate surface area is 140 Å². The Bertz CT molecular complexity index is 891. The average molecular weight is 318 g/mol. The molecule has 0 saturated heterocycles. The molecule has 2 aromatic carbocycles. The molecule has 0 fully saturated rings. The number of nitrogens with one attached hydrogen (secondary N) is 2. The normalized spacial score (nSPS) is 13.2. The third-order valence-corrected chi connectivity index (χ3v) is 4.18. The van der Waals surface area contributed by atoms with Crippen molar-refractivity contribution in [1.82, 2.24) is 10.3 Å². The fraction of sp³-hybridized carbons (Fsp3) is 0.150. The number of amides is 1. The van der Waals surface area contributed by atoms with Crippen molar-refractivity contribution in [3.05, 3.63) is 71.4 Å². The summed E-state index contributed by atoms with van der Waals surface area (Å²) in [6.07, 6.45) is 4.34. The topological polar surface area (TPSA) is 54.1 Å². The Balaban J connectivity index is 1.37. The van der Waals surface area contributed by atoms with Crippen molar-refractivity contribution in [3.8, 4) is 5.75 Å². The smallest absolute Gasteiger partial charge is 0.244 e. The zero-order chi connectivity index (χ0) is 16.4. The zero-order valence-electron chi connectivity index (χ0n) is 13.2. The molecule has 0 spiro atoms. The fourth-order valence-electron chi connectivity index (χ4n) is 2.95. The summed E-state index contributed by atoms with van der Waals surface area (Å²) in [6, 6.07) is 16.1. The maximum atomic E-state index is 12.0. The number of ether oxygens (including phenoxy) is 1. The summed E-state index contributed by atoms with van der Waals surface area (Å²) in [5.41, 5.74) is 4.29. The number of carbonyl (C=O) groups excluding carboxylic acids is 1. The summed E-state index contributed by atoms with van der Waals surface area (Å²) in [5.74, 6) is 0.848. The van der Waals surface area contributed by atoms with Crippen LogP contribution < -0.4 is 10.1 Å². The lowest BCUT2D eigenvalue weighted by molar-refractivity contribution is -0.116. The second kappa shape index (κ2) is 6.24. The van der Waals surface area contributed by atoms with Crippen molar-refractivity contribution >= 4 is 22.9 Å². The number of para-hydroxylation sites is 1. The van der Waals surface area contributed by atoms with Crippen LogP contribution in [0.5, 0.6) is 5.75 Å². The predicted octanol–water partition coefficient (Wildman–Crippen LogP) is 3.43. The monoisotopic (exact) mass is 318 g/mol. The summed E-state index contributed by atoms with van der Waals surface area (Å²) < 4.78 is 5.48. The molecule has 2 heterocycles. The maximum absolute atomic E-state index is 12.0. The van der Waals surface area contributed by atoms with Gasteiger partial charge in [0, 0.05) is 23.7 Å². The van der Waals surface area contributed by atoms with Crippen molar-refractivity contribution in [2.75, 3.05) is 6.61 Å². The van der Waals surface area contributed by atoms with Crippen LogP contribution in [0.2, 0.25) is 0 Å². The lowest BCUT2D eigenvalue weighted by Gasteiger charge is -2.01. The van der Waals surface area contributed by atoms with E-state index in [0.29, 0.717) is 6.54 Å². The number of aromatic amines is 1. The van der Waals surface area contributed by atoms with E-state index in [1.807, 2.05) is 36.4 Å². The largest absolute Gasteiger partial charge is 0.493 e. The SMILES string of the molecule is O=C(/C=C/c1ccc2c(c1)CCO2)NCc1cc2ccccc2[nH]1. The van der Waals surface area contributed by atoms with Crippen LogP contribution in [-0.4, -0.2) is 17.5 Å². The molecule has 1 aromatic heterocycles. The Morgan fingerprint density at radius 3 is 3.04 bits per heavy atom. The molecular weight excluding hydrogens is 300 g/mol. The molecule has 24 heavy (non-hydrogen) atoms. The van der Waals surface area contributed by atoms with Gasteiger partial charge < -0.3 is 15.0 Å². The van der Waals surface area contributed by atoms with E-state index in [9.17, 15) is 4.79 Å². The van der Waals surface area contributed by atoms with Crippen molar-refractivity contribution in [3.63, 3.8) is 0 Å². The number of carbonyl (C=O) groups is 1. The summed E-state index contributed by atoms with van der Waals surface area (Å²) in [5, 5.41) is 4.05. The number of rotatable bonds is 4. The minimum absolute atomic E-state index is 0.106. The summed E-state index contributed by atoms with van der Waals surface area (Å²) in [4.78, 5) is 15.3. The van der Waals surface area contributed by atoms with Crippen LogP contribution in [-0.2, 0) is 17.8 Å². The summed E-state index contributed by atoms with van der Waals surface area (Å²) in [7, 11) is 0. The molecule has 1 aliphatic rings.